The van der Waals surface area contributed by atoms with E-state index in [0.717, 1.165) is 55.8 Å². The van der Waals surface area contributed by atoms with Gasteiger partial charge in [0.25, 0.3) is 0 Å². The first-order chi connectivity index (χ1) is 19.5. The number of amides is 2. The third kappa shape index (κ3) is 6.00. The van der Waals surface area contributed by atoms with Gasteiger partial charge in [0, 0.05) is 48.0 Å². The van der Waals surface area contributed by atoms with Crippen molar-refractivity contribution in [2.75, 3.05) is 6.54 Å². The van der Waals surface area contributed by atoms with Crippen molar-refractivity contribution in [2.45, 2.75) is 117 Å². The minimum absolute atomic E-state index is 0.00119. The zero-order chi connectivity index (χ0) is 29.5. The smallest absolute Gasteiger partial charge is 0.243 e. The summed E-state index contributed by atoms with van der Waals surface area (Å²) in [6.07, 6.45) is 10.0. The summed E-state index contributed by atoms with van der Waals surface area (Å²) in [5.74, 6) is 0.945. The van der Waals surface area contributed by atoms with Crippen molar-refractivity contribution < 1.29 is 19.2 Å². The number of carbonyl (C=O) groups excluding carboxylic acids is 4. The van der Waals surface area contributed by atoms with Gasteiger partial charge in [-0.25, -0.2) is 0 Å². The molecule has 0 spiro atoms. The molecule has 2 amide bonds. The minimum Gasteiger partial charge on any atom is -0.355 e. The molecule has 1 N–H and O–H groups in total. The monoisotopic (exact) mass is 561 g/mol. The van der Waals surface area contributed by atoms with Crippen LogP contribution in [0.2, 0.25) is 0 Å². The number of Topliss-reactive ketones (excluding diaryl/α,β-unsaturated/α-hetero) is 2. The van der Waals surface area contributed by atoms with Gasteiger partial charge < -0.3 is 14.8 Å². The van der Waals surface area contributed by atoms with Gasteiger partial charge in [-0.1, -0.05) is 46.6 Å². The van der Waals surface area contributed by atoms with Crippen molar-refractivity contribution in [1.29, 1.82) is 0 Å². The van der Waals surface area contributed by atoms with Crippen molar-refractivity contribution in [3.8, 4) is 0 Å². The van der Waals surface area contributed by atoms with Gasteiger partial charge in [-0.3, -0.25) is 19.2 Å². The molecule has 222 valence electrons. The Balaban J connectivity index is 1.57. The number of aryl methyl sites for hydroxylation is 2. The van der Waals surface area contributed by atoms with E-state index in [-0.39, 0.29) is 41.4 Å². The lowest BCUT2D eigenvalue weighted by Gasteiger charge is -2.27. The maximum Gasteiger partial charge on any atom is 0.243 e. The second-order valence-electron chi connectivity index (χ2n) is 13.6. The molecule has 7 heteroatoms. The highest BCUT2D eigenvalue weighted by Crippen LogP contribution is 2.59. The first kappa shape index (κ1) is 29.5. The molecule has 7 nitrogen and oxygen atoms in total. The molecule has 3 aliphatic rings. The van der Waals surface area contributed by atoms with Crippen LogP contribution in [-0.4, -0.2) is 51.5 Å². The standard InChI is InChI=1S/C34H47N3O4/c1-6-29(39)28-16-34-17-30(34)37(28)32(41)19-36-18-27(23(5)38)26-15-24(12-11-21(2)3)14-25(33(26)36)10-8-7-9-22(4)13-31(40)35-20-34/h14-15,18,21-22,28,30H,6-13,16-17,19-20H2,1-5H3,(H,35,40)/t22-,28+,30-,34+/m1/s1. The Morgan fingerprint density at radius 1 is 1.15 bits per heavy atom. The quantitative estimate of drug-likeness (QED) is 0.463. The molecule has 4 atom stereocenters. The van der Waals surface area contributed by atoms with Crippen LogP contribution in [0.25, 0.3) is 10.9 Å². The number of carbonyl (C=O) groups is 4. The molecule has 1 aliphatic carbocycles. The van der Waals surface area contributed by atoms with Crippen LogP contribution in [-0.2, 0) is 33.8 Å². The molecule has 0 unspecified atom stereocenters. The molecule has 1 aromatic heterocycles. The van der Waals surface area contributed by atoms with Crippen LogP contribution < -0.4 is 5.32 Å². The molecule has 41 heavy (non-hydrogen) atoms. The van der Waals surface area contributed by atoms with E-state index in [9.17, 15) is 19.2 Å². The van der Waals surface area contributed by atoms with Crippen molar-refractivity contribution in [1.82, 2.24) is 14.8 Å². The summed E-state index contributed by atoms with van der Waals surface area (Å²) in [7, 11) is 0. The maximum atomic E-state index is 14.0. The van der Waals surface area contributed by atoms with Crippen LogP contribution in [0.5, 0.6) is 0 Å². The van der Waals surface area contributed by atoms with Gasteiger partial charge in [-0.15, -0.1) is 0 Å². The lowest BCUT2D eigenvalue weighted by atomic mass is 9.93. The van der Waals surface area contributed by atoms with Gasteiger partial charge in [0.05, 0.1) is 11.6 Å². The van der Waals surface area contributed by atoms with Crippen LogP contribution in [0.4, 0.5) is 0 Å². The van der Waals surface area contributed by atoms with Gasteiger partial charge in [0.15, 0.2) is 11.6 Å². The molecule has 5 rings (SSSR count). The predicted molar refractivity (Wildman–Crippen MR) is 161 cm³/mol. The Labute approximate surface area is 244 Å². The summed E-state index contributed by atoms with van der Waals surface area (Å²) >= 11 is 0. The van der Waals surface area contributed by atoms with Gasteiger partial charge in [0.1, 0.15) is 6.54 Å². The first-order valence-electron chi connectivity index (χ1n) is 15.8. The number of rotatable bonds is 6. The van der Waals surface area contributed by atoms with Gasteiger partial charge >= 0.3 is 0 Å². The Kier molecular flexibility index (Phi) is 8.45. The van der Waals surface area contributed by atoms with Crippen molar-refractivity contribution >= 4 is 34.3 Å². The van der Waals surface area contributed by atoms with E-state index in [2.05, 4.69) is 38.2 Å². The summed E-state index contributed by atoms with van der Waals surface area (Å²) in [4.78, 5) is 54.5. The summed E-state index contributed by atoms with van der Waals surface area (Å²) < 4.78 is 1.98. The molecule has 1 saturated heterocycles. The Hall–Kier alpha value is -2.96. The number of piperidine rings is 1. The summed E-state index contributed by atoms with van der Waals surface area (Å²) in [6, 6.07) is 3.97. The van der Waals surface area contributed by atoms with Gasteiger partial charge in [-0.2, -0.15) is 0 Å². The third-order valence-electron chi connectivity index (χ3n) is 9.80. The number of aromatic nitrogens is 1. The summed E-state index contributed by atoms with van der Waals surface area (Å²) in [5.41, 5.74) is 3.84. The van der Waals surface area contributed by atoms with Crippen LogP contribution >= 0.6 is 0 Å². The molecule has 2 bridgehead atoms. The topological polar surface area (TPSA) is 88.5 Å². The number of nitrogens with one attached hydrogen (secondary N) is 1. The molecule has 2 aromatic rings. The molecule has 1 saturated carbocycles. The third-order valence-corrected chi connectivity index (χ3v) is 9.80. The highest BCUT2D eigenvalue weighted by Gasteiger charge is 2.66. The highest BCUT2D eigenvalue weighted by atomic mass is 16.2. The van der Waals surface area contributed by atoms with E-state index in [1.807, 2.05) is 22.6 Å². The SMILES string of the molecule is CCC(=O)[C@@H]1C[C@]23CNC(=O)C[C@H](C)CCCCc4cc(CCC(C)C)cc5c(C(C)=O)cn(c45)CC(=O)N1[C@@H]2C3. The van der Waals surface area contributed by atoms with E-state index < -0.39 is 6.04 Å². The van der Waals surface area contributed by atoms with Crippen molar-refractivity contribution in [3.63, 3.8) is 0 Å². The van der Waals surface area contributed by atoms with Gasteiger partial charge in [-0.05, 0) is 74.5 Å². The first-order valence-corrected chi connectivity index (χ1v) is 15.8. The number of hydrogen-bond donors (Lipinski definition) is 1. The molecular weight excluding hydrogens is 514 g/mol. The van der Waals surface area contributed by atoms with Crippen LogP contribution in [0.3, 0.4) is 0 Å². The highest BCUT2D eigenvalue weighted by molar-refractivity contribution is 6.08. The zero-order valence-electron chi connectivity index (χ0n) is 25.6. The number of benzene rings is 1. The molecule has 2 fully saturated rings. The number of nitrogens with zero attached hydrogens (tertiary/aromatic N) is 2. The van der Waals surface area contributed by atoms with E-state index in [4.69, 9.17) is 0 Å². The average Bonchev–Trinajstić information content (AvgIpc) is 3.33. The van der Waals surface area contributed by atoms with Crippen LogP contribution in [0, 0.1) is 17.3 Å². The molecule has 3 heterocycles. The van der Waals surface area contributed by atoms with E-state index >= 15 is 0 Å². The second-order valence-corrected chi connectivity index (χ2v) is 13.6. The van der Waals surface area contributed by atoms with Crippen molar-refractivity contribution in [3.05, 3.63) is 35.0 Å². The van der Waals surface area contributed by atoms with E-state index in [1.165, 1.54) is 11.1 Å². The average molecular weight is 562 g/mol. The maximum absolute atomic E-state index is 14.0. The fraction of sp³-hybridized carbons (Fsp3) is 0.647. The summed E-state index contributed by atoms with van der Waals surface area (Å²) in [5, 5.41) is 4.09. The van der Waals surface area contributed by atoms with E-state index in [1.54, 1.807) is 6.92 Å². The Bertz CT molecular complexity index is 1360. The Morgan fingerprint density at radius 3 is 2.63 bits per heavy atom. The lowest BCUT2D eigenvalue weighted by Crippen LogP contribution is -2.44. The van der Waals surface area contributed by atoms with Crippen molar-refractivity contribution in [2.24, 2.45) is 17.3 Å². The minimum atomic E-state index is -0.447. The van der Waals surface area contributed by atoms with E-state index in [0.29, 0.717) is 43.2 Å². The number of ketones is 2. The number of hydrogen-bond acceptors (Lipinski definition) is 4. The molecule has 1 aromatic carbocycles. The fourth-order valence-electron chi connectivity index (χ4n) is 7.35. The molecular formula is C34H47N3O4. The van der Waals surface area contributed by atoms with Crippen LogP contribution in [0.1, 0.15) is 107 Å². The Morgan fingerprint density at radius 2 is 1.93 bits per heavy atom. The summed E-state index contributed by atoms with van der Waals surface area (Å²) in [6.45, 7) is 10.7. The molecule has 2 aliphatic heterocycles. The molecule has 0 radical (unpaired) electrons. The second kappa shape index (κ2) is 11.7. The largest absolute Gasteiger partial charge is 0.355 e. The van der Waals surface area contributed by atoms with Gasteiger partial charge in [0.2, 0.25) is 11.8 Å². The van der Waals surface area contributed by atoms with Crippen LogP contribution in [0.15, 0.2) is 18.3 Å². The lowest BCUT2D eigenvalue weighted by molar-refractivity contribution is -0.139. The zero-order valence-corrected chi connectivity index (χ0v) is 25.6. The predicted octanol–water partition coefficient (Wildman–Crippen LogP) is 5.64. The normalized spacial score (nSPS) is 27.1. The fourth-order valence-corrected chi connectivity index (χ4v) is 7.35.